The summed E-state index contributed by atoms with van der Waals surface area (Å²) in [6.07, 6.45) is 10.5. The van der Waals surface area contributed by atoms with Crippen LogP contribution in [0.25, 0.3) is 0 Å². The van der Waals surface area contributed by atoms with E-state index in [4.69, 9.17) is 9.84 Å². The first-order valence-corrected chi connectivity index (χ1v) is 8.66. The fraction of sp³-hybridized carbons (Fsp3) is 0.632. The van der Waals surface area contributed by atoms with Crippen LogP contribution < -0.4 is 4.74 Å². The molecule has 0 aliphatic heterocycles. The van der Waals surface area contributed by atoms with E-state index in [9.17, 15) is 4.79 Å². The molecule has 3 nitrogen and oxygen atoms in total. The largest absolute Gasteiger partial charge is 0.494 e. The van der Waals surface area contributed by atoms with Gasteiger partial charge in [-0.3, -0.25) is 4.79 Å². The third-order valence-corrected chi connectivity index (χ3v) is 3.80. The van der Waals surface area contributed by atoms with Gasteiger partial charge in [0.25, 0.3) is 0 Å². The van der Waals surface area contributed by atoms with E-state index in [0.29, 0.717) is 0 Å². The average molecular weight is 306 g/mol. The van der Waals surface area contributed by atoms with Crippen LogP contribution in [0.4, 0.5) is 0 Å². The Bertz CT molecular complexity index is 398. The molecule has 0 aliphatic rings. The minimum Gasteiger partial charge on any atom is -0.494 e. The van der Waals surface area contributed by atoms with Crippen LogP contribution >= 0.6 is 0 Å². The molecule has 0 unspecified atom stereocenters. The summed E-state index contributed by atoms with van der Waals surface area (Å²) in [5, 5.41) is 8.59. The molecule has 0 atom stereocenters. The zero-order valence-corrected chi connectivity index (χ0v) is 13.9. The predicted molar refractivity (Wildman–Crippen MR) is 90.5 cm³/mol. The van der Waals surface area contributed by atoms with Gasteiger partial charge in [0, 0.05) is 6.42 Å². The Morgan fingerprint density at radius 1 is 0.955 bits per heavy atom. The zero-order chi connectivity index (χ0) is 16.0. The van der Waals surface area contributed by atoms with E-state index in [-0.39, 0.29) is 6.42 Å². The standard InChI is InChI=1S/C19H30O3/c1-2-3-4-5-6-9-16-22-18-14-12-17(13-15-18)10-7-8-11-19(20)21/h12-15H,2-11,16H2,1H3,(H,20,21). The van der Waals surface area contributed by atoms with Crippen LogP contribution in [0.5, 0.6) is 5.75 Å². The number of ether oxygens (including phenoxy) is 1. The summed E-state index contributed by atoms with van der Waals surface area (Å²) in [4.78, 5) is 10.4. The summed E-state index contributed by atoms with van der Waals surface area (Å²) in [5.41, 5.74) is 1.25. The van der Waals surface area contributed by atoms with Crippen molar-refractivity contribution in [1.82, 2.24) is 0 Å². The van der Waals surface area contributed by atoms with Gasteiger partial charge in [0.2, 0.25) is 0 Å². The molecule has 0 saturated heterocycles. The minimum atomic E-state index is -0.710. The van der Waals surface area contributed by atoms with Crippen LogP contribution in [0.1, 0.15) is 70.3 Å². The molecule has 1 aromatic rings. The number of unbranched alkanes of at least 4 members (excludes halogenated alkanes) is 6. The summed E-state index contributed by atoms with van der Waals surface area (Å²) < 4.78 is 5.75. The predicted octanol–water partition coefficient (Wildman–Crippen LogP) is 5.22. The average Bonchev–Trinajstić information content (AvgIpc) is 2.52. The maximum atomic E-state index is 10.4. The summed E-state index contributed by atoms with van der Waals surface area (Å²) in [6, 6.07) is 8.20. The highest BCUT2D eigenvalue weighted by Gasteiger charge is 1.99. The quantitative estimate of drug-likeness (QED) is 0.508. The molecule has 0 radical (unpaired) electrons. The number of benzene rings is 1. The Morgan fingerprint density at radius 2 is 1.64 bits per heavy atom. The van der Waals surface area contributed by atoms with Crippen LogP contribution in [-0.4, -0.2) is 17.7 Å². The van der Waals surface area contributed by atoms with E-state index in [2.05, 4.69) is 19.1 Å². The van der Waals surface area contributed by atoms with Crippen LogP contribution in [0.2, 0.25) is 0 Å². The molecule has 3 heteroatoms. The topological polar surface area (TPSA) is 46.5 Å². The summed E-state index contributed by atoms with van der Waals surface area (Å²) in [7, 11) is 0. The SMILES string of the molecule is CCCCCCCCOc1ccc(CCCCC(=O)O)cc1. The number of carboxylic acids is 1. The normalized spacial score (nSPS) is 10.6. The van der Waals surface area contributed by atoms with Gasteiger partial charge >= 0.3 is 5.97 Å². The summed E-state index contributed by atoms with van der Waals surface area (Å²) in [5.74, 6) is 0.223. The van der Waals surface area contributed by atoms with Crippen LogP contribution in [-0.2, 0) is 11.2 Å². The molecule has 0 saturated carbocycles. The lowest BCUT2D eigenvalue weighted by molar-refractivity contribution is -0.137. The van der Waals surface area contributed by atoms with E-state index in [1.165, 1.54) is 37.7 Å². The zero-order valence-electron chi connectivity index (χ0n) is 13.9. The van der Waals surface area contributed by atoms with Gasteiger partial charge in [-0.1, -0.05) is 51.2 Å². The van der Waals surface area contributed by atoms with Gasteiger partial charge in [-0.2, -0.15) is 0 Å². The molecular formula is C19H30O3. The van der Waals surface area contributed by atoms with Crippen LogP contribution in [0.3, 0.4) is 0 Å². The Morgan fingerprint density at radius 3 is 2.32 bits per heavy atom. The van der Waals surface area contributed by atoms with Crippen molar-refractivity contribution in [2.24, 2.45) is 0 Å². The Labute approximate surface area is 134 Å². The molecule has 124 valence electrons. The van der Waals surface area contributed by atoms with Crippen molar-refractivity contribution >= 4 is 5.97 Å². The van der Waals surface area contributed by atoms with Crippen molar-refractivity contribution in [1.29, 1.82) is 0 Å². The fourth-order valence-corrected chi connectivity index (χ4v) is 2.43. The van der Waals surface area contributed by atoms with Crippen LogP contribution in [0, 0.1) is 0 Å². The van der Waals surface area contributed by atoms with Gasteiger partial charge in [-0.05, 0) is 43.4 Å². The highest BCUT2D eigenvalue weighted by molar-refractivity contribution is 5.66. The van der Waals surface area contributed by atoms with Gasteiger partial charge in [0.15, 0.2) is 0 Å². The summed E-state index contributed by atoms with van der Waals surface area (Å²) in [6.45, 7) is 3.03. The first-order valence-electron chi connectivity index (χ1n) is 8.66. The number of aliphatic carboxylic acids is 1. The maximum Gasteiger partial charge on any atom is 0.303 e. The fourth-order valence-electron chi connectivity index (χ4n) is 2.43. The number of hydrogen-bond donors (Lipinski definition) is 1. The second kappa shape index (κ2) is 12.1. The van der Waals surface area contributed by atoms with Crippen molar-refractivity contribution < 1.29 is 14.6 Å². The molecule has 0 amide bonds. The number of hydrogen-bond acceptors (Lipinski definition) is 2. The second-order valence-electron chi connectivity index (χ2n) is 5.86. The Hall–Kier alpha value is -1.51. The van der Waals surface area contributed by atoms with E-state index in [0.717, 1.165) is 38.0 Å². The molecule has 1 rings (SSSR count). The number of carbonyl (C=O) groups is 1. The van der Waals surface area contributed by atoms with E-state index >= 15 is 0 Å². The smallest absolute Gasteiger partial charge is 0.303 e. The van der Waals surface area contributed by atoms with Gasteiger partial charge in [-0.15, -0.1) is 0 Å². The van der Waals surface area contributed by atoms with Gasteiger partial charge in [0.1, 0.15) is 5.75 Å². The minimum absolute atomic E-state index is 0.263. The number of aryl methyl sites for hydroxylation is 1. The third-order valence-electron chi connectivity index (χ3n) is 3.80. The molecule has 0 spiro atoms. The molecule has 0 fully saturated rings. The van der Waals surface area contributed by atoms with Crippen molar-refractivity contribution in [2.75, 3.05) is 6.61 Å². The molecule has 22 heavy (non-hydrogen) atoms. The highest BCUT2D eigenvalue weighted by Crippen LogP contribution is 2.15. The van der Waals surface area contributed by atoms with Gasteiger partial charge < -0.3 is 9.84 Å². The van der Waals surface area contributed by atoms with Crippen LogP contribution in [0.15, 0.2) is 24.3 Å². The van der Waals surface area contributed by atoms with Gasteiger partial charge in [0.05, 0.1) is 6.61 Å². The Balaban J connectivity index is 2.09. The monoisotopic (exact) mass is 306 g/mol. The van der Waals surface area contributed by atoms with Crippen molar-refractivity contribution in [3.05, 3.63) is 29.8 Å². The molecule has 0 aromatic heterocycles. The third kappa shape index (κ3) is 9.43. The van der Waals surface area contributed by atoms with E-state index < -0.39 is 5.97 Å². The lowest BCUT2D eigenvalue weighted by atomic mass is 10.1. The van der Waals surface area contributed by atoms with Gasteiger partial charge in [-0.25, -0.2) is 0 Å². The van der Waals surface area contributed by atoms with E-state index in [1.54, 1.807) is 0 Å². The lowest BCUT2D eigenvalue weighted by Crippen LogP contribution is -1.98. The highest BCUT2D eigenvalue weighted by atomic mass is 16.5. The molecule has 1 N–H and O–H groups in total. The molecule has 0 heterocycles. The lowest BCUT2D eigenvalue weighted by Gasteiger charge is -2.07. The summed E-state index contributed by atoms with van der Waals surface area (Å²) >= 11 is 0. The first kappa shape index (κ1) is 18.5. The van der Waals surface area contributed by atoms with Crippen molar-refractivity contribution in [3.63, 3.8) is 0 Å². The number of rotatable bonds is 13. The molecule has 1 aromatic carbocycles. The number of carboxylic acid groups (broad SMARTS) is 1. The maximum absolute atomic E-state index is 10.4. The first-order chi connectivity index (χ1) is 10.7. The molecular weight excluding hydrogens is 276 g/mol. The Kier molecular flexibility index (Phi) is 10.2. The van der Waals surface area contributed by atoms with Crippen molar-refractivity contribution in [2.45, 2.75) is 71.1 Å². The molecule has 0 aliphatic carbocycles. The van der Waals surface area contributed by atoms with E-state index in [1.807, 2.05) is 12.1 Å². The van der Waals surface area contributed by atoms with Crippen molar-refractivity contribution in [3.8, 4) is 5.75 Å². The molecule has 0 bridgehead atoms. The second-order valence-corrected chi connectivity index (χ2v) is 5.86.